The van der Waals surface area contributed by atoms with Crippen LogP contribution in [0.4, 0.5) is 16.5 Å². The van der Waals surface area contributed by atoms with E-state index in [4.69, 9.17) is 16.6 Å². The molecule has 0 unspecified atom stereocenters. The minimum atomic E-state index is 0.0475. The molecule has 0 saturated carbocycles. The molecule has 0 atom stereocenters. The average Bonchev–Trinajstić information content (AvgIpc) is 3.55. The van der Waals surface area contributed by atoms with Crippen LogP contribution in [0.5, 0.6) is 0 Å². The van der Waals surface area contributed by atoms with E-state index in [1.54, 1.807) is 23.3 Å². The van der Waals surface area contributed by atoms with Gasteiger partial charge in [-0.3, -0.25) is 4.79 Å². The number of rotatable bonds is 5. The summed E-state index contributed by atoms with van der Waals surface area (Å²) in [5.41, 5.74) is 3.78. The molecule has 11 heteroatoms. The van der Waals surface area contributed by atoms with Gasteiger partial charge in [-0.25, -0.2) is 14.3 Å². The second kappa shape index (κ2) is 10.5. The Labute approximate surface area is 224 Å². The van der Waals surface area contributed by atoms with Crippen LogP contribution in [0.15, 0.2) is 46.8 Å². The molecule has 5 heterocycles. The second-order valence-corrected chi connectivity index (χ2v) is 11.4. The molecule has 8 nitrogen and oxygen atoms in total. The van der Waals surface area contributed by atoms with Gasteiger partial charge in [-0.2, -0.15) is 0 Å². The number of nitrogens with zero attached hydrogens (tertiary/aromatic N) is 6. The largest absolute Gasteiger partial charge is 0.369 e. The number of pyridine rings is 1. The first kappa shape index (κ1) is 24.0. The number of piperazine rings is 2. The number of amides is 1. The lowest BCUT2D eigenvalue weighted by atomic mass is 10.1. The Bertz CT molecular complexity index is 1240. The molecule has 36 heavy (non-hydrogen) atoms. The van der Waals surface area contributed by atoms with Crippen molar-refractivity contribution >= 4 is 57.3 Å². The summed E-state index contributed by atoms with van der Waals surface area (Å²) in [6.45, 7) is 8.21. The van der Waals surface area contributed by atoms with E-state index in [9.17, 15) is 4.79 Å². The highest BCUT2D eigenvalue weighted by Crippen LogP contribution is 2.33. The third-order valence-corrected chi connectivity index (χ3v) is 9.07. The van der Waals surface area contributed by atoms with Crippen molar-refractivity contribution in [3.8, 4) is 0 Å². The van der Waals surface area contributed by atoms with Gasteiger partial charge in [-0.1, -0.05) is 17.7 Å². The number of carbonyl (C=O) groups excluding carboxylic acids is 1. The Kier molecular flexibility index (Phi) is 7.03. The molecular weight excluding hydrogens is 514 g/mol. The maximum Gasteiger partial charge on any atom is 0.258 e. The number of carbonyl (C=O) groups is 1. The molecule has 0 radical (unpaired) electrons. The van der Waals surface area contributed by atoms with E-state index < -0.39 is 0 Å². The van der Waals surface area contributed by atoms with Crippen molar-refractivity contribution in [1.82, 2.24) is 19.6 Å². The lowest BCUT2D eigenvalue weighted by molar-refractivity contribution is 0.0989. The molecule has 0 bridgehead atoms. The van der Waals surface area contributed by atoms with Gasteiger partial charge in [-0.15, -0.1) is 11.3 Å². The smallest absolute Gasteiger partial charge is 0.258 e. The molecule has 2 fully saturated rings. The predicted molar refractivity (Wildman–Crippen MR) is 148 cm³/mol. The molecule has 2 aromatic heterocycles. The SMILES string of the molecule is O=C(c1cccc(N2CCNCC2)c1)N1CCc2nc(SN3CCN(c4nc(Cl)cs4)CC3)ccc21. The van der Waals surface area contributed by atoms with E-state index in [0.717, 1.165) is 91.6 Å². The van der Waals surface area contributed by atoms with Crippen molar-refractivity contribution < 1.29 is 4.79 Å². The molecule has 0 spiro atoms. The van der Waals surface area contributed by atoms with Gasteiger partial charge in [0.1, 0.15) is 10.2 Å². The van der Waals surface area contributed by atoms with Crippen molar-refractivity contribution in [2.24, 2.45) is 0 Å². The van der Waals surface area contributed by atoms with Gasteiger partial charge in [0.25, 0.3) is 5.91 Å². The van der Waals surface area contributed by atoms with Gasteiger partial charge in [0.15, 0.2) is 5.13 Å². The number of benzene rings is 1. The summed E-state index contributed by atoms with van der Waals surface area (Å²) in [6.07, 6.45) is 0.783. The van der Waals surface area contributed by atoms with Gasteiger partial charge < -0.3 is 20.0 Å². The number of halogens is 1. The van der Waals surface area contributed by atoms with E-state index in [1.807, 2.05) is 34.5 Å². The monoisotopic (exact) mass is 541 g/mol. The summed E-state index contributed by atoms with van der Waals surface area (Å²) in [5, 5.41) is 7.79. The van der Waals surface area contributed by atoms with Crippen LogP contribution >= 0.6 is 34.9 Å². The number of hydrogen-bond donors (Lipinski definition) is 1. The third kappa shape index (κ3) is 5.05. The predicted octanol–water partition coefficient (Wildman–Crippen LogP) is 3.63. The van der Waals surface area contributed by atoms with Gasteiger partial charge in [0, 0.05) is 82.0 Å². The third-order valence-electron chi connectivity index (χ3n) is 6.80. The molecule has 1 amide bonds. The number of aromatic nitrogens is 2. The summed E-state index contributed by atoms with van der Waals surface area (Å²) in [4.78, 5) is 29.2. The fourth-order valence-corrected chi connectivity index (χ4v) is 6.80. The molecule has 0 aliphatic carbocycles. The summed E-state index contributed by atoms with van der Waals surface area (Å²) < 4.78 is 2.35. The van der Waals surface area contributed by atoms with Crippen LogP contribution in [0, 0.1) is 0 Å². The van der Waals surface area contributed by atoms with Crippen LogP contribution in [-0.2, 0) is 6.42 Å². The normalized spacial score (nSPS) is 18.5. The Morgan fingerprint density at radius 3 is 2.58 bits per heavy atom. The molecule has 188 valence electrons. The molecule has 1 aromatic carbocycles. The van der Waals surface area contributed by atoms with Gasteiger partial charge in [-0.05, 0) is 42.3 Å². The molecule has 3 aliphatic heterocycles. The first-order chi connectivity index (χ1) is 17.6. The summed E-state index contributed by atoms with van der Waals surface area (Å²) in [5.74, 6) is 0.0475. The van der Waals surface area contributed by atoms with Crippen LogP contribution in [0.3, 0.4) is 0 Å². The van der Waals surface area contributed by atoms with Crippen molar-refractivity contribution in [1.29, 1.82) is 0 Å². The number of hydrogen-bond acceptors (Lipinski definition) is 9. The van der Waals surface area contributed by atoms with Crippen molar-refractivity contribution in [3.63, 3.8) is 0 Å². The fraction of sp³-hybridized carbons (Fsp3) is 0.400. The zero-order valence-corrected chi connectivity index (χ0v) is 22.3. The number of fused-ring (bicyclic) bond motifs is 1. The van der Waals surface area contributed by atoms with E-state index >= 15 is 0 Å². The summed E-state index contributed by atoms with van der Waals surface area (Å²) in [6, 6.07) is 12.1. The van der Waals surface area contributed by atoms with Gasteiger partial charge >= 0.3 is 0 Å². The van der Waals surface area contributed by atoms with Crippen LogP contribution in [-0.4, -0.2) is 79.1 Å². The number of thiazole rings is 1. The topological polar surface area (TPSA) is 67.8 Å². The molecular formula is C25H28ClN7OS2. The molecule has 2 saturated heterocycles. The molecule has 6 rings (SSSR count). The standard InChI is InChI=1S/C25H28ClN7OS2/c26-22-17-35-25(29-22)31-12-14-32(15-13-31)36-23-5-4-21-20(28-23)6-9-33(21)24(34)18-2-1-3-19(16-18)30-10-7-27-8-11-30/h1-5,16-17,27H,6-15H2. The fourth-order valence-electron chi connectivity index (χ4n) is 4.91. The second-order valence-electron chi connectivity index (χ2n) is 9.07. The maximum atomic E-state index is 13.4. The minimum absolute atomic E-state index is 0.0475. The van der Waals surface area contributed by atoms with Gasteiger partial charge in [0.05, 0.1) is 11.4 Å². The highest BCUT2D eigenvalue weighted by atomic mass is 35.5. The van der Waals surface area contributed by atoms with E-state index in [0.29, 0.717) is 11.7 Å². The first-order valence-corrected chi connectivity index (χ1v) is 14.3. The first-order valence-electron chi connectivity index (χ1n) is 12.3. The van der Waals surface area contributed by atoms with Crippen LogP contribution in [0.1, 0.15) is 16.1 Å². The number of anilines is 3. The maximum absolute atomic E-state index is 13.4. The Balaban J connectivity index is 1.10. The quantitative estimate of drug-likeness (QED) is 0.491. The average molecular weight is 542 g/mol. The van der Waals surface area contributed by atoms with Crippen molar-refractivity contribution in [3.05, 3.63) is 58.2 Å². The van der Waals surface area contributed by atoms with Gasteiger partial charge in [0.2, 0.25) is 0 Å². The Morgan fingerprint density at radius 1 is 0.972 bits per heavy atom. The minimum Gasteiger partial charge on any atom is -0.369 e. The summed E-state index contributed by atoms with van der Waals surface area (Å²) >= 11 is 9.27. The Hall–Kier alpha value is -2.37. The number of nitrogens with one attached hydrogen (secondary N) is 1. The van der Waals surface area contributed by atoms with Crippen LogP contribution < -0.4 is 20.0 Å². The summed E-state index contributed by atoms with van der Waals surface area (Å²) in [7, 11) is 0. The van der Waals surface area contributed by atoms with E-state index in [1.165, 1.54) is 0 Å². The van der Waals surface area contributed by atoms with Crippen LogP contribution in [0.25, 0.3) is 0 Å². The van der Waals surface area contributed by atoms with E-state index in [2.05, 4.69) is 36.5 Å². The van der Waals surface area contributed by atoms with E-state index in [-0.39, 0.29) is 5.91 Å². The lowest BCUT2D eigenvalue weighted by Gasteiger charge is -2.33. The lowest BCUT2D eigenvalue weighted by Crippen LogP contribution is -2.43. The molecule has 1 N–H and O–H groups in total. The van der Waals surface area contributed by atoms with Crippen LogP contribution in [0.2, 0.25) is 5.15 Å². The molecule has 3 aromatic rings. The highest BCUT2D eigenvalue weighted by Gasteiger charge is 2.28. The zero-order chi connectivity index (χ0) is 24.5. The van der Waals surface area contributed by atoms with Crippen molar-refractivity contribution in [2.45, 2.75) is 11.4 Å². The zero-order valence-electron chi connectivity index (χ0n) is 19.9. The Morgan fingerprint density at radius 2 is 1.81 bits per heavy atom. The molecule has 3 aliphatic rings. The van der Waals surface area contributed by atoms with Crippen molar-refractivity contribution in [2.75, 3.05) is 73.6 Å². The highest BCUT2D eigenvalue weighted by molar-refractivity contribution is 7.97.